The lowest BCUT2D eigenvalue weighted by molar-refractivity contribution is 0.484. The van der Waals surface area contributed by atoms with Crippen LogP contribution in [0.5, 0.6) is 11.5 Å². The molecule has 1 aliphatic carbocycles. The standard InChI is InChI=1S/C46H35BN2O/c1-30-19-23-33(24-20-30)48(34-25-21-31(2)22-26-34)35-27-28-40-43(29-35)50-42-18-10-17-41-45(42)47(40)44-38-15-8-6-13-36(38)37-14-7-9-16-39(37)46(44)49(41)32-11-4-3-5-12-32/h3-29,44,46H,1-2H3. The molecule has 2 aliphatic heterocycles. The van der Waals surface area contributed by atoms with Gasteiger partial charge in [-0.1, -0.05) is 114 Å². The van der Waals surface area contributed by atoms with Gasteiger partial charge in [0.2, 0.25) is 6.71 Å². The number of fused-ring (bicyclic) bond motifs is 9. The van der Waals surface area contributed by atoms with Gasteiger partial charge in [0.1, 0.15) is 11.5 Å². The van der Waals surface area contributed by atoms with Gasteiger partial charge in [-0.2, -0.15) is 0 Å². The van der Waals surface area contributed by atoms with Crippen LogP contribution in [0.2, 0.25) is 0 Å². The highest BCUT2D eigenvalue weighted by atomic mass is 16.5. The van der Waals surface area contributed by atoms with Gasteiger partial charge in [-0.3, -0.25) is 0 Å². The first kappa shape index (κ1) is 29.0. The van der Waals surface area contributed by atoms with Gasteiger partial charge in [0.25, 0.3) is 0 Å². The fourth-order valence-electron chi connectivity index (χ4n) is 8.73. The lowest BCUT2D eigenvalue weighted by Crippen LogP contribution is -2.59. The molecule has 2 heterocycles. The Bertz CT molecular complexity index is 2360. The number of ether oxygens (including phenoxy) is 1. The lowest BCUT2D eigenvalue weighted by Gasteiger charge is -2.51. The van der Waals surface area contributed by atoms with Gasteiger partial charge in [0, 0.05) is 34.5 Å². The normalized spacial score (nSPS) is 16.3. The molecule has 4 heteroatoms. The third-order valence-corrected chi connectivity index (χ3v) is 10.9. The van der Waals surface area contributed by atoms with Crippen LogP contribution in [0, 0.1) is 13.8 Å². The highest BCUT2D eigenvalue weighted by Crippen LogP contribution is 2.56. The second kappa shape index (κ2) is 11.3. The van der Waals surface area contributed by atoms with E-state index in [4.69, 9.17) is 4.74 Å². The molecule has 3 aliphatic rings. The summed E-state index contributed by atoms with van der Waals surface area (Å²) < 4.78 is 6.99. The third kappa shape index (κ3) is 4.38. The summed E-state index contributed by atoms with van der Waals surface area (Å²) in [6.45, 7) is 4.37. The molecule has 0 saturated carbocycles. The molecule has 0 saturated heterocycles. The maximum absolute atomic E-state index is 6.99. The van der Waals surface area contributed by atoms with Gasteiger partial charge in [-0.25, -0.2) is 0 Å². The Morgan fingerprint density at radius 3 is 1.84 bits per heavy atom. The predicted octanol–water partition coefficient (Wildman–Crippen LogP) is 10.7. The highest BCUT2D eigenvalue weighted by molar-refractivity contribution is 6.89. The van der Waals surface area contributed by atoms with Gasteiger partial charge in [-0.15, -0.1) is 0 Å². The summed E-state index contributed by atoms with van der Waals surface area (Å²) in [5.74, 6) is 2.02. The van der Waals surface area contributed by atoms with E-state index < -0.39 is 0 Å². The molecule has 10 rings (SSSR count). The second-order valence-corrected chi connectivity index (χ2v) is 13.8. The number of aryl methyl sites for hydroxylation is 2. The molecule has 50 heavy (non-hydrogen) atoms. The van der Waals surface area contributed by atoms with E-state index in [0.29, 0.717) is 0 Å². The minimum absolute atomic E-state index is 0.0958. The number of nitrogens with zero attached hydrogens (tertiary/aromatic N) is 2. The number of hydrogen-bond donors (Lipinski definition) is 0. The topological polar surface area (TPSA) is 15.7 Å². The number of hydrogen-bond acceptors (Lipinski definition) is 3. The second-order valence-electron chi connectivity index (χ2n) is 13.8. The average molecular weight is 643 g/mol. The summed E-state index contributed by atoms with van der Waals surface area (Å²) in [5, 5.41) is 0. The summed E-state index contributed by atoms with van der Waals surface area (Å²) >= 11 is 0. The van der Waals surface area contributed by atoms with Crippen molar-refractivity contribution in [1.29, 1.82) is 0 Å². The zero-order chi connectivity index (χ0) is 33.3. The Hall–Kier alpha value is -6.00. The Morgan fingerprint density at radius 1 is 0.540 bits per heavy atom. The van der Waals surface area contributed by atoms with Gasteiger partial charge in [0.15, 0.2) is 0 Å². The Kier molecular flexibility index (Phi) is 6.54. The Morgan fingerprint density at radius 2 is 1.14 bits per heavy atom. The molecule has 0 spiro atoms. The molecular formula is C46H35BN2O. The maximum Gasteiger partial charge on any atom is 0.231 e. The average Bonchev–Trinajstić information content (AvgIpc) is 3.16. The first-order valence-corrected chi connectivity index (χ1v) is 17.5. The molecule has 0 aromatic heterocycles. The maximum atomic E-state index is 6.99. The van der Waals surface area contributed by atoms with Gasteiger partial charge in [-0.05, 0) is 107 Å². The first-order valence-electron chi connectivity index (χ1n) is 17.5. The van der Waals surface area contributed by atoms with Crippen molar-refractivity contribution < 1.29 is 4.74 Å². The van der Waals surface area contributed by atoms with E-state index >= 15 is 0 Å². The summed E-state index contributed by atoms with van der Waals surface area (Å²) in [7, 11) is 0. The molecule has 2 unspecified atom stereocenters. The zero-order valence-corrected chi connectivity index (χ0v) is 28.1. The van der Waals surface area contributed by atoms with Crippen LogP contribution in [0.15, 0.2) is 164 Å². The van der Waals surface area contributed by atoms with E-state index in [1.54, 1.807) is 0 Å². The zero-order valence-electron chi connectivity index (χ0n) is 28.1. The van der Waals surface area contributed by atoms with Crippen LogP contribution in [0.25, 0.3) is 11.1 Å². The van der Waals surface area contributed by atoms with Crippen LogP contribution in [-0.2, 0) is 0 Å². The number of rotatable bonds is 4. The Balaban J connectivity index is 1.21. The molecule has 3 nitrogen and oxygen atoms in total. The lowest BCUT2D eigenvalue weighted by atomic mass is 9.28. The summed E-state index contributed by atoms with van der Waals surface area (Å²) in [6.07, 6.45) is 0. The highest BCUT2D eigenvalue weighted by Gasteiger charge is 2.52. The minimum atomic E-state index is 0.0958. The van der Waals surface area contributed by atoms with Crippen LogP contribution in [-0.4, -0.2) is 6.71 Å². The molecule has 238 valence electrons. The third-order valence-electron chi connectivity index (χ3n) is 10.9. The van der Waals surface area contributed by atoms with Crippen LogP contribution >= 0.6 is 0 Å². The van der Waals surface area contributed by atoms with Crippen molar-refractivity contribution in [2.24, 2.45) is 0 Å². The molecule has 2 atom stereocenters. The van der Waals surface area contributed by atoms with E-state index in [1.165, 1.54) is 55.7 Å². The van der Waals surface area contributed by atoms with E-state index in [2.05, 4.69) is 187 Å². The van der Waals surface area contributed by atoms with Gasteiger partial charge in [0.05, 0.1) is 6.04 Å². The molecule has 7 aromatic carbocycles. The molecule has 0 N–H and O–H groups in total. The summed E-state index contributed by atoms with van der Waals surface area (Å²) in [6, 6.07) is 60.1. The van der Waals surface area contributed by atoms with Crippen LogP contribution in [0.3, 0.4) is 0 Å². The molecule has 7 aromatic rings. The van der Waals surface area contributed by atoms with Crippen molar-refractivity contribution in [3.8, 4) is 22.6 Å². The van der Waals surface area contributed by atoms with Crippen molar-refractivity contribution >= 4 is 46.1 Å². The summed E-state index contributed by atoms with van der Waals surface area (Å²) in [4.78, 5) is 4.91. The largest absolute Gasteiger partial charge is 0.458 e. The molecule has 0 radical (unpaired) electrons. The van der Waals surface area contributed by atoms with Crippen molar-refractivity contribution in [3.63, 3.8) is 0 Å². The van der Waals surface area contributed by atoms with Gasteiger partial charge < -0.3 is 14.5 Å². The van der Waals surface area contributed by atoms with Crippen LogP contribution in [0.1, 0.15) is 34.1 Å². The first-order chi connectivity index (χ1) is 24.6. The van der Waals surface area contributed by atoms with Crippen molar-refractivity contribution in [3.05, 3.63) is 186 Å². The number of benzene rings is 7. The number of para-hydroxylation sites is 1. The summed E-state index contributed by atoms with van der Waals surface area (Å²) in [5.41, 5.74) is 16.1. The monoisotopic (exact) mass is 642 g/mol. The fourth-order valence-corrected chi connectivity index (χ4v) is 8.73. The van der Waals surface area contributed by atoms with Crippen molar-refractivity contribution in [2.75, 3.05) is 9.80 Å². The molecule has 0 fully saturated rings. The van der Waals surface area contributed by atoms with Gasteiger partial charge >= 0.3 is 0 Å². The van der Waals surface area contributed by atoms with Crippen molar-refractivity contribution in [1.82, 2.24) is 0 Å². The quantitative estimate of drug-likeness (QED) is 0.178. The fraction of sp³-hybridized carbons (Fsp3) is 0.0870. The molecule has 0 bridgehead atoms. The predicted molar refractivity (Wildman–Crippen MR) is 208 cm³/mol. The molecular weight excluding hydrogens is 607 g/mol. The van der Waals surface area contributed by atoms with Crippen LogP contribution < -0.4 is 25.5 Å². The Labute approximate surface area is 294 Å². The van der Waals surface area contributed by atoms with E-state index in [0.717, 1.165) is 28.6 Å². The number of anilines is 5. The van der Waals surface area contributed by atoms with E-state index in [9.17, 15) is 0 Å². The smallest absolute Gasteiger partial charge is 0.231 e. The minimum Gasteiger partial charge on any atom is -0.458 e. The van der Waals surface area contributed by atoms with E-state index in [1.807, 2.05) is 0 Å². The van der Waals surface area contributed by atoms with E-state index in [-0.39, 0.29) is 18.6 Å². The SMILES string of the molecule is Cc1ccc(N(c2ccc(C)cc2)c2ccc3c(c2)Oc2cccc4c2B3C2c3ccccc3-c3ccccc3C2N4c2ccccc2)cc1. The van der Waals surface area contributed by atoms with Crippen molar-refractivity contribution in [2.45, 2.75) is 25.7 Å². The van der Waals surface area contributed by atoms with Crippen LogP contribution in [0.4, 0.5) is 28.4 Å². The molecule has 0 amide bonds.